The van der Waals surface area contributed by atoms with Crippen LogP contribution < -0.4 is 17.0 Å². The van der Waals surface area contributed by atoms with Crippen LogP contribution in [0.4, 0.5) is 0 Å². The zero-order valence-corrected chi connectivity index (χ0v) is 21.8. The zero-order valence-electron chi connectivity index (χ0n) is 18.8. The van der Waals surface area contributed by atoms with E-state index in [-0.39, 0.29) is 40.0 Å². The standard InChI is InChI=1S/C25H41.BrH.Mg/c1-8-22(4)14-10-16-24(6)18-12-20-25(7)19-11-17-23(5)15-9-13-21(2)3;;/h8,13,16-17,20H,1,9-12,14-15,18-19H2,2-7H3;1H;/q-1;;+2/p-1/b22-8+,23-17+,24-16+,25-20+;;. The minimum absolute atomic E-state index is 0. The molecule has 0 aromatic heterocycles. The minimum atomic E-state index is 0. The predicted octanol–water partition coefficient (Wildman–Crippen LogP) is 5.32. The summed E-state index contributed by atoms with van der Waals surface area (Å²) in [6.45, 7) is 17.1. The van der Waals surface area contributed by atoms with Crippen molar-refractivity contribution in [2.75, 3.05) is 0 Å². The Bertz CT molecular complexity index is 514. The first-order chi connectivity index (χ1) is 11.8. The predicted molar refractivity (Wildman–Crippen MR) is 123 cm³/mol. The van der Waals surface area contributed by atoms with E-state index in [9.17, 15) is 0 Å². The van der Waals surface area contributed by atoms with Gasteiger partial charge in [0.05, 0.1) is 0 Å². The number of allylic oxidation sites excluding steroid dienone is 10. The van der Waals surface area contributed by atoms with Crippen LogP contribution in [0.3, 0.4) is 0 Å². The maximum absolute atomic E-state index is 3.81. The van der Waals surface area contributed by atoms with Gasteiger partial charge in [-0.1, -0.05) is 53.0 Å². The Kier molecular flexibility index (Phi) is 24.0. The summed E-state index contributed by atoms with van der Waals surface area (Å²) in [5.41, 5.74) is 7.36. The van der Waals surface area contributed by atoms with E-state index in [0.717, 1.165) is 12.8 Å². The second kappa shape index (κ2) is 20.5. The second-order valence-electron chi connectivity index (χ2n) is 7.64. The Labute approximate surface area is 197 Å². The van der Waals surface area contributed by atoms with Crippen LogP contribution in [0.5, 0.6) is 0 Å². The van der Waals surface area contributed by atoms with E-state index in [0.29, 0.717) is 0 Å². The number of hydrogen-bond donors (Lipinski definition) is 0. The first-order valence-electron chi connectivity index (χ1n) is 9.90. The molecule has 0 saturated heterocycles. The topological polar surface area (TPSA) is 0 Å². The normalized spacial score (nSPS) is 13.0. The van der Waals surface area contributed by atoms with Crippen LogP contribution in [0.2, 0.25) is 0 Å². The van der Waals surface area contributed by atoms with Gasteiger partial charge in [-0.3, -0.25) is 0 Å². The van der Waals surface area contributed by atoms with Crippen molar-refractivity contribution in [2.24, 2.45) is 0 Å². The summed E-state index contributed by atoms with van der Waals surface area (Å²) in [6.07, 6.45) is 20.9. The molecule has 0 rings (SSSR count). The molecule has 27 heavy (non-hydrogen) atoms. The summed E-state index contributed by atoms with van der Waals surface area (Å²) in [5.74, 6) is 0. The number of rotatable bonds is 12. The van der Waals surface area contributed by atoms with Crippen LogP contribution in [-0.2, 0) is 0 Å². The Morgan fingerprint density at radius 2 is 0.852 bits per heavy atom. The van der Waals surface area contributed by atoms with E-state index in [1.54, 1.807) is 0 Å². The Morgan fingerprint density at radius 1 is 0.556 bits per heavy atom. The molecule has 2 heteroatoms. The Hall–Kier alpha value is -0.184. The van der Waals surface area contributed by atoms with E-state index in [1.165, 1.54) is 66.4 Å². The molecule has 0 bridgehead atoms. The molecule has 0 fully saturated rings. The summed E-state index contributed by atoms with van der Waals surface area (Å²) in [7, 11) is 0. The summed E-state index contributed by atoms with van der Waals surface area (Å²) < 4.78 is 0. The fourth-order valence-electron chi connectivity index (χ4n) is 2.64. The van der Waals surface area contributed by atoms with Gasteiger partial charge in [-0.2, -0.15) is 0 Å². The molecule has 0 radical (unpaired) electrons. The van der Waals surface area contributed by atoms with Gasteiger partial charge >= 0.3 is 23.1 Å². The molecule has 0 aromatic rings. The van der Waals surface area contributed by atoms with Crippen molar-refractivity contribution in [1.29, 1.82) is 0 Å². The third-order valence-corrected chi connectivity index (χ3v) is 4.53. The molecule has 0 aliphatic carbocycles. The van der Waals surface area contributed by atoms with Crippen LogP contribution in [-0.4, -0.2) is 23.1 Å². The van der Waals surface area contributed by atoms with Crippen molar-refractivity contribution in [2.45, 2.75) is 92.9 Å². The number of halogens is 1. The van der Waals surface area contributed by atoms with E-state index in [1.807, 2.05) is 6.08 Å². The van der Waals surface area contributed by atoms with E-state index >= 15 is 0 Å². The molecule has 0 spiro atoms. The molecule has 0 aliphatic heterocycles. The molecule has 0 nitrogen and oxygen atoms in total. The van der Waals surface area contributed by atoms with Gasteiger partial charge in [-0.05, 0) is 79.6 Å². The third kappa shape index (κ3) is 22.0. The second-order valence-corrected chi connectivity index (χ2v) is 7.64. The zero-order chi connectivity index (χ0) is 19.1. The van der Waals surface area contributed by atoms with Gasteiger partial charge in [0.2, 0.25) is 0 Å². The third-order valence-electron chi connectivity index (χ3n) is 4.53. The first kappa shape index (κ1) is 31.5. The average molecular weight is 446 g/mol. The van der Waals surface area contributed by atoms with E-state index in [2.05, 4.69) is 72.8 Å². The first-order valence-corrected chi connectivity index (χ1v) is 9.90. The molecular weight excluding hydrogens is 404 g/mol. The van der Waals surface area contributed by atoms with Gasteiger partial charge < -0.3 is 17.0 Å². The SMILES string of the molecule is [Br-].[CH2-]/C=C(\C)CC/C=C(\C)CC/C=C(\C)CC/C=C(\C)CCC=C(C)C.[Mg+2]. The summed E-state index contributed by atoms with van der Waals surface area (Å²) >= 11 is 0. The molecule has 0 unspecified atom stereocenters. The molecule has 0 heterocycles. The Balaban J connectivity index is -0.00000288. The van der Waals surface area contributed by atoms with Crippen molar-refractivity contribution in [3.8, 4) is 0 Å². The van der Waals surface area contributed by atoms with Crippen molar-refractivity contribution in [1.82, 2.24) is 0 Å². The summed E-state index contributed by atoms with van der Waals surface area (Å²) in [5, 5.41) is 0. The molecule has 0 saturated carbocycles. The molecule has 0 aliphatic rings. The van der Waals surface area contributed by atoms with Crippen molar-refractivity contribution >= 4 is 23.1 Å². The fraction of sp³-hybridized carbons (Fsp3) is 0.560. The smallest absolute Gasteiger partial charge is 1.00 e. The minimum Gasteiger partial charge on any atom is -1.00 e. The molecule has 150 valence electrons. The number of hydrogen-bond acceptors (Lipinski definition) is 0. The average Bonchev–Trinajstić information content (AvgIpc) is 2.54. The van der Waals surface area contributed by atoms with Gasteiger partial charge in [0.25, 0.3) is 0 Å². The maximum atomic E-state index is 3.81. The monoisotopic (exact) mass is 444 g/mol. The van der Waals surface area contributed by atoms with Gasteiger partial charge in [0.1, 0.15) is 0 Å². The molecule has 0 N–H and O–H groups in total. The quantitative estimate of drug-likeness (QED) is 0.217. The van der Waals surface area contributed by atoms with E-state index in [4.69, 9.17) is 0 Å². The molecule has 0 atom stereocenters. The van der Waals surface area contributed by atoms with Crippen LogP contribution >= 0.6 is 0 Å². The molecule has 0 amide bonds. The van der Waals surface area contributed by atoms with Gasteiger partial charge in [0.15, 0.2) is 0 Å². The van der Waals surface area contributed by atoms with E-state index < -0.39 is 0 Å². The van der Waals surface area contributed by atoms with Gasteiger partial charge in [-0.15, -0.1) is 6.92 Å². The van der Waals surface area contributed by atoms with Crippen molar-refractivity contribution in [3.05, 3.63) is 65.2 Å². The summed E-state index contributed by atoms with van der Waals surface area (Å²) in [6, 6.07) is 0. The summed E-state index contributed by atoms with van der Waals surface area (Å²) in [4.78, 5) is 0. The largest absolute Gasteiger partial charge is 2.00 e. The molecular formula is C25H41BrMg. The molecule has 0 aromatic carbocycles. The van der Waals surface area contributed by atoms with Gasteiger partial charge in [0, 0.05) is 0 Å². The van der Waals surface area contributed by atoms with Gasteiger partial charge in [-0.25, -0.2) is 18.6 Å². The fourth-order valence-corrected chi connectivity index (χ4v) is 2.64. The van der Waals surface area contributed by atoms with Crippen LogP contribution in [0.25, 0.3) is 0 Å². The van der Waals surface area contributed by atoms with Crippen LogP contribution in [0.15, 0.2) is 58.2 Å². The van der Waals surface area contributed by atoms with Crippen molar-refractivity contribution in [3.63, 3.8) is 0 Å². The van der Waals surface area contributed by atoms with Crippen LogP contribution in [0, 0.1) is 6.92 Å². The van der Waals surface area contributed by atoms with Crippen LogP contribution in [0.1, 0.15) is 92.9 Å². The van der Waals surface area contributed by atoms with Crippen molar-refractivity contribution < 1.29 is 17.0 Å². The Morgan fingerprint density at radius 3 is 1.15 bits per heavy atom. The maximum Gasteiger partial charge on any atom is 2.00 e.